The van der Waals surface area contributed by atoms with E-state index in [0.717, 1.165) is 6.54 Å². The minimum atomic E-state index is -0.00948. The van der Waals surface area contributed by atoms with Gasteiger partial charge in [-0.2, -0.15) is 0 Å². The number of thiazole rings is 1. The molecule has 4 heterocycles. The fourth-order valence-corrected chi connectivity index (χ4v) is 4.16. The van der Waals surface area contributed by atoms with E-state index in [1.807, 2.05) is 0 Å². The van der Waals surface area contributed by atoms with E-state index in [4.69, 9.17) is 9.47 Å². The van der Waals surface area contributed by atoms with Crippen LogP contribution in [-0.2, 0) is 0 Å². The maximum absolute atomic E-state index is 12.5. The smallest absolute Gasteiger partial charge is 0.276 e. The molecule has 1 N–H and O–H groups in total. The molecule has 3 aliphatic rings. The normalized spacial score (nSPS) is 24.8. The number of nitrogens with zero attached hydrogens (tertiary/aromatic N) is 2. The summed E-state index contributed by atoms with van der Waals surface area (Å²) < 4.78 is 10.8. The Balaban J connectivity index is 1.37. The molecule has 1 aromatic heterocycles. The van der Waals surface area contributed by atoms with Gasteiger partial charge >= 0.3 is 0 Å². The second kappa shape index (κ2) is 7.01. The van der Waals surface area contributed by atoms with Crippen LogP contribution < -0.4 is 14.8 Å². The summed E-state index contributed by atoms with van der Waals surface area (Å²) in [6, 6.07) is 7.47. The minimum absolute atomic E-state index is 0.00948. The number of rotatable bonds is 5. The van der Waals surface area contributed by atoms with Crippen molar-refractivity contribution >= 4 is 17.2 Å². The van der Waals surface area contributed by atoms with E-state index in [9.17, 15) is 4.79 Å². The molecule has 6 nitrogen and oxygen atoms in total. The number of carbonyl (C=O) groups is 1. The molecule has 1 atom stereocenters. The van der Waals surface area contributed by atoms with Crippen molar-refractivity contribution in [2.75, 3.05) is 26.7 Å². The summed E-state index contributed by atoms with van der Waals surface area (Å²) in [6.45, 7) is 3.32. The second-order valence-corrected chi connectivity index (χ2v) is 7.45. The first-order valence-electron chi connectivity index (χ1n) is 8.52. The third-order valence-corrected chi connectivity index (χ3v) is 5.78. The Bertz CT molecular complexity index is 738. The molecular weight excluding hydrogens is 338 g/mol. The highest BCUT2D eigenvalue weighted by atomic mass is 32.1. The monoisotopic (exact) mass is 359 g/mol. The summed E-state index contributed by atoms with van der Waals surface area (Å²) in [6.07, 6.45) is 4.00. The number of hydrogen-bond acceptors (Lipinski definition) is 6. The van der Waals surface area contributed by atoms with Gasteiger partial charge in [-0.25, -0.2) is 4.98 Å². The Hall–Kier alpha value is -2.12. The first-order chi connectivity index (χ1) is 12.2. The summed E-state index contributed by atoms with van der Waals surface area (Å²) in [5, 5.41) is 4.41. The van der Waals surface area contributed by atoms with Gasteiger partial charge in [0.05, 0.1) is 13.3 Å². The topological polar surface area (TPSA) is 63.7 Å². The van der Waals surface area contributed by atoms with Gasteiger partial charge in [-0.05, 0) is 67.5 Å². The maximum Gasteiger partial charge on any atom is 0.276 e. The number of benzene rings is 1. The van der Waals surface area contributed by atoms with Gasteiger partial charge in [-0.1, -0.05) is 0 Å². The van der Waals surface area contributed by atoms with Crippen molar-refractivity contribution in [2.45, 2.75) is 18.9 Å². The van der Waals surface area contributed by atoms with E-state index in [0.29, 0.717) is 27.5 Å². The van der Waals surface area contributed by atoms with Crippen LogP contribution in [0.3, 0.4) is 0 Å². The molecule has 2 bridgehead atoms. The van der Waals surface area contributed by atoms with Gasteiger partial charge in [0.15, 0.2) is 0 Å². The van der Waals surface area contributed by atoms with Crippen LogP contribution in [-0.4, -0.2) is 48.6 Å². The predicted molar refractivity (Wildman–Crippen MR) is 95.6 cm³/mol. The Labute approximate surface area is 150 Å². The zero-order valence-corrected chi connectivity index (χ0v) is 14.9. The van der Waals surface area contributed by atoms with E-state index in [1.54, 1.807) is 37.6 Å². The second-order valence-electron chi connectivity index (χ2n) is 6.49. The number of amides is 1. The number of fused-ring (bicyclic) bond motifs is 3. The van der Waals surface area contributed by atoms with Gasteiger partial charge < -0.3 is 19.7 Å². The van der Waals surface area contributed by atoms with Gasteiger partial charge in [-0.15, -0.1) is 0 Å². The maximum atomic E-state index is 12.5. The first kappa shape index (κ1) is 16.4. The summed E-state index contributed by atoms with van der Waals surface area (Å²) in [4.78, 5) is 19.0. The lowest BCUT2D eigenvalue weighted by Crippen LogP contribution is -2.57. The van der Waals surface area contributed by atoms with Crippen LogP contribution in [0.1, 0.15) is 23.2 Å². The molecule has 3 saturated heterocycles. The van der Waals surface area contributed by atoms with Gasteiger partial charge in [-0.3, -0.25) is 4.79 Å². The van der Waals surface area contributed by atoms with Crippen LogP contribution in [0, 0.1) is 5.92 Å². The molecule has 0 spiro atoms. The lowest BCUT2D eigenvalue weighted by atomic mass is 9.84. The Kier molecular flexibility index (Phi) is 4.59. The Morgan fingerprint density at radius 2 is 2.04 bits per heavy atom. The number of carbonyl (C=O) groups excluding carboxylic acids is 1. The fraction of sp³-hybridized carbons (Fsp3) is 0.444. The van der Waals surface area contributed by atoms with Crippen LogP contribution in [0.15, 0.2) is 30.5 Å². The van der Waals surface area contributed by atoms with Crippen molar-refractivity contribution in [3.63, 3.8) is 0 Å². The molecule has 1 unspecified atom stereocenters. The molecule has 132 valence electrons. The first-order valence-corrected chi connectivity index (χ1v) is 9.34. The SMILES string of the molecule is COc1ncc(Oc2ccc(C(=O)NC3CN4CCC3CC4)cc2)s1. The third kappa shape index (κ3) is 3.62. The Morgan fingerprint density at radius 3 is 2.64 bits per heavy atom. The van der Waals surface area contributed by atoms with Gasteiger partial charge in [0.1, 0.15) is 5.75 Å². The average molecular weight is 359 g/mol. The van der Waals surface area contributed by atoms with Crippen LogP contribution in [0.5, 0.6) is 16.0 Å². The molecule has 3 aliphatic heterocycles. The van der Waals surface area contributed by atoms with E-state index >= 15 is 0 Å². The van der Waals surface area contributed by atoms with Crippen molar-refractivity contribution in [3.8, 4) is 16.0 Å². The fourth-order valence-electron chi connectivity index (χ4n) is 3.56. The number of hydrogen-bond donors (Lipinski definition) is 1. The molecule has 5 rings (SSSR count). The molecule has 0 aliphatic carbocycles. The van der Waals surface area contributed by atoms with Crippen molar-refractivity contribution < 1.29 is 14.3 Å². The molecular formula is C18H21N3O3S. The summed E-state index contributed by atoms with van der Waals surface area (Å²) in [5.41, 5.74) is 0.658. The highest BCUT2D eigenvalue weighted by Gasteiger charge is 2.34. The van der Waals surface area contributed by atoms with Crippen molar-refractivity contribution in [3.05, 3.63) is 36.0 Å². The quantitative estimate of drug-likeness (QED) is 0.889. The summed E-state index contributed by atoms with van der Waals surface area (Å²) in [7, 11) is 1.57. The van der Waals surface area contributed by atoms with Gasteiger partial charge in [0.25, 0.3) is 11.1 Å². The number of aromatic nitrogens is 1. The van der Waals surface area contributed by atoms with Crippen LogP contribution in [0.2, 0.25) is 0 Å². The predicted octanol–water partition coefficient (Wildman–Crippen LogP) is 2.77. The van der Waals surface area contributed by atoms with Crippen LogP contribution in [0.25, 0.3) is 0 Å². The number of methoxy groups -OCH3 is 1. The molecule has 0 saturated carbocycles. The zero-order valence-electron chi connectivity index (χ0n) is 14.1. The van der Waals surface area contributed by atoms with E-state index in [2.05, 4.69) is 15.2 Å². The van der Waals surface area contributed by atoms with E-state index in [-0.39, 0.29) is 11.9 Å². The highest BCUT2D eigenvalue weighted by Crippen LogP contribution is 2.31. The van der Waals surface area contributed by atoms with Crippen molar-refractivity contribution in [1.29, 1.82) is 0 Å². The lowest BCUT2D eigenvalue weighted by molar-refractivity contribution is 0.0620. The largest absolute Gasteiger partial charge is 0.473 e. The van der Waals surface area contributed by atoms with E-state index in [1.165, 1.54) is 37.3 Å². The number of nitrogens with one attached hydrogen (secondary N) is 1. The molecule has 0 radical (unpaired) electrons. The van der Waals surface area contributed by atoms with Crippen molar-refractivity contribution in [1.82, 2.24) is 15.2 Å². The van der Waals surface area contributed by atoms with Gasteiger partial charge in [0, 0.05) is 18.2 Å². The zero-order chi connectivity index (χ0) is 17.2. The lowest BCUT2D eigenvalue weighted by Gasteiger charge is -2.44. The molecule has 7 heteroatoms. The molecule has 3 fully saturated rings. The number of ether oxygens (including phenoxy) is 2. The van der Waals surface area contributed by atoms with Crippen LogP contribution >= 0.6 is 11.3 Å². The average Bonchev–Trinajstić information content (AvgIpc) is 3.11. The van der Waals surface area contributed by atoms with Gasteiger partial charge in [0.2, 0.25) is 5.06 Å². The molecule has 25 heavy (non-hydrogen) atoms. The van der Waals surface area contributed by atoms with Crippen molar-refractivity contribution in [2.24, 2.45) is 5.92 Å². The third-order valence-electron chi connectivity index (χ3n) is 4.95. The van der Waals surface area contributed by atoms with Crippen LogP contribution in [0.4, 0.5) is 0 Å². The number of piperidine rings is 3. The standard InChI is InChI=1S/C18H21N3O3S/c1-23-18-19-10-16(25-18)24-14-4-2-13(3-5-14)17(22)20-15-11-21-8-6-12(15)7-9-21/h2-5,10,12,15H,6-9,11H2,1H3,(H,20,22). The Morgan fingerprint density at radius 1 is 1.28 bits per heavy atom. The molecule has 1 aromatic carbocycles. The summed E-state index contributed by atoms with van der Waals surface area (Å²) >= 11 is 1.33. The summed E-state index contributed by atoms with van der Waals surface area (Å²) in [5.74, 6) is 1.29. The minimum Gasteiger partial charge on any atom is -0.473 e. The van der Waals surface area contributed by atoms with E-state index < -0.39 is 0 Å². The molecule has 1 amide bonds. The highest BCUT2D eigenvalue weighted by molar-refractivity contribution is 7.15. The molecule has 2 aromatic rings.